The van der Waals surface area contributed by atoms with Crippen LogP contribution in [-0.2, 0) is 15.8 Å². The summed E-state index contributed by atoms with van der Waals surface area (Å²) >= 11 is 1.12. The summed E-state index contributed by atoms with van der Waals surface area (Å²) in [6.45, 7) is 1.26. The van der Waals surface area contributed by atoms with Gasteiger partial charge < -0.3 is 5.32 Å². The van der Waals surface area contributed by atoms with Crippen molar-refractivity contribution in [2.45, 2.75) is 64.1 Å². The van der Waals surface area contributed by atoms with E-state index in [1.807, 2.05) is 0 Å². The number of aromatic nitrogens is 1. The quantitative estimate of drug-likeness (QED) is 0.544. The van der Waals surface area contributed by atoms with E-state index >= 15 is 0 Å². The Morgan fingerprint density at radius 2 is 1.84 bits per heavy atom. The molecule has 0 spiro atoms. The molecule has 0 saturated heterocycles. The molecule has 1 N–H and O–H groups in total. The highest BCUT2D eigenvalue weighted by Crippen LogP contribution is 2.35. The third-order valence-electron chi connectivity index (χ3n) is 5.30. The monoisotopic (exact) mass is 465 g/mol. The molecule has 3 rings (SSSR count). The van der Waals surface area contributed by atoms with Crippen molar-refractivity contribution in [2.24, 2.45) is 0 Å². The summed E-state index contributed by atoms with van der Waals surface area (Å²) < 4.78 is 39.2. The lowest BCUT2D eigenvalue weighted by Crippen LogP contribution is -2.34. The number of alkyl halides is 3. The van der Waals surface area contributed by atoms with Crippen LogP contribution in [0.2, 0.25) is 0 Å². The molecule has 0 atom stereocenters. The Kier molecular flexibility index (Phi) is 8.06. The van der Waals surface area contributed by atoms with E-state index < -0.39 is 17.6 Å². The Hall–Kier alpha value is -2.68. The number of halogens is 3. The Bertz CT molecular complexity index is 963. The van der Waals surface area contributed by atoms with Crippen LogP contribution in [0.1, 0.15) is 63.1 Å². The number of amides is 2. The van der Waals surface area contributed by atoms with Gasteiger partial charge in [-0.2, -0.15) is 13.2 Å². The number of benzene rings is 1. The normalized spacial score (nSPS) is 15.9. The number of nitrogens with zero attached hydrogens (tertiary/aromatic N) is 2. The summed E-state index contributed by atoms with van der Waals surface area (Å²) in [6, 6.07) is 4.72. The van der Waals surface area contributed by atoms with E-state index in [-0.39, 0.29) is 22.8 Å². The minimum atomic E-state index is -4.51. The Morgan fingerprint density at radius 3 is 2.50 bits per heavy atom. The van der Waals surface area contributed by atoms with E-state index in [2.05, 4.69) is 10.3 Å². The number of thiazole rings is 1. The summed E-state index contributed by atoms with van der Waals surface area (Å²) in [6.07, 6.45) is 6.26. The fraction of sp³-hybridized carbons (Fsp3) is 0.435. The van der Waals surface area contributed by atoms with Crippen molar-refractivity contribution in [3.05, 3.63) is 47.0 Å². The zero-order valence-corrected chi connectivity index (χ0v) is 18.6. The van der Waals surface area contributed by atoms with Crippen LogP contribution in [0.25, 0.3) is 6.08 Å². The lowest BCUT2D eigenvalue weighted by molar-refractivity contribution is -0.137. The van der Waals surface area contributed by atoms with Gasteiger partial charge in [-0.3, -0.25) is 14.5 Å². The molecule has 1 heterocycles. The number of nitrogens with one attached hydrogen (secondary N) is 1. The third kappa shape index (κ3) is 6.66. The number of carbonyl (C=O) groups excluding carboxylic acids is 2. The fourth-order valence-corrected chi connectivity index (χ4v) is 4.57. The van der Waals surface area contributed by atoms with E-state index in [9.17, 15) is 22.8 Å². The first kappa shape index (κ1) is 24.0. The molecule has 5 nitrogen and oxygen atoms in total. The molecule has 1 saturated carbocycles. The highest BCUT2D eigenvalue weighted by Gasteiger charge is 2.31. The number of rotatable bonds is 5. The zero-order chi connectivity index (χ0) is 23.1. The van der Waals surface area contributed by atoms with Crippen LogP contribution in [-0.4, -0.2) is 22.8 Å². The van der Waals surface area contributed by atoms with Crippen LogP contribution in [0.5, 0.6) is 0 Å². The van der Waals surface area contributed by atoms with E-state index in [0.717, 1.165) is 54.1 Å². The molecule has 0 radical (unpaired) electrons. The molecule has 1 aliphatic rings. The first-order valence-corrected chi connectivity index (χ1v) is 11.5. The third-order valence-corrected chi connectivity index (χ3v) is 6.15. The fourth-order valence-electron chi connectivity index (χ4n) is 3.71. The summed E-state index contributed by atoms with van der Waals surface area (Å²) in [7, 11) is 0. The van der Waals surface area contributed by atoms with Crippen molar-refractivity contribution in [1.29, 1.82) is 0 Å². The van der Waals surface area contributed by atoms with Gasteiger partial charge >= 0.3 is 6.18 Å². The molecule has 0 unspecified atom stereocenters. The van der Waals surface area contributed by atoms with E-state index in [1.54, 1.807) is 11.5 Å². The topological polar surface area (TPSA) is 62.3 Å². The summed E-state index contributed by atoms with van der Waals surface area (Å²) in [4.78, 5) is 29.9. The van der Waals surface area contributed by atoms with Gasteiger partial charge in [0.15, 0.2) is 5.13 Å². The maximum atomic E-state index is 13.1. The highest BCUT2D eigenvalue weighted by atomic mass is 32.1. The van der Waals surface area contributed by atoms with Gasteiger partial charge in [-0.25, -0.2) is 4.98 Å². The van der Waals surface area contributed by atoms with E-state index in [0.29, 0.717) is 5.69 Å². The minimum Gasteiger partial charge on any atom is -0.350 e. The van der Waals surface area contributed by atoms with Gasteiger partial charge in [-0.15, -0.1) is 11.3 Å². The Labute approximate surface area is 189 Å². The average Bonchev–Trinajstić information content (AvgIpc) is 3.16. The van der Waals surface area contributed by atoms with Gasteiger partial charge in [-0.1, -0.05) is 38.2 Å². The first-order valence-electron chi connectivity index (χ1n) is 10.7. The van der Waals surface area contributed by atoms with Crippen molar-refractivity contribution in [2.75, 3.05) is 4.90 Å². The summed E-state index contributed by atoms with van der Waals surface area (Å²) in [5.41, 5.74) is -0.306. The molecule has 1 fully saturated rings. The van der Waals surface area contributed by atoms with Gasteiger partial charge in [0.1, 0.15) is 0 Å². The molecule has 0 aliphatic heterocycles. The predicted octanol–water partition coefficient (Wildman–Crippen LogP) is 6.09. The standard InChI is InChI=1S/C23H26F3N3O2S/c1-16(30)29(20-11-7-8-17(14-20)23(24,25)26)22-28-19(15-32-22)12-13-21(31)27-18-9-5-3-2-4-6-10-18/h7-8,11-15,18H,2-6,9-10H2,1H3,(H,27,31)/b13-12+. The second kappa shape index (κ2) is 10.8. The van der Waals surface area contributed by atoms with Gasteiger partial charge in [-0.05, 0) is 37.1 Å². The van der Waals surface area contributed by atoms with Crippen molar-refractivity contribution in [3.8, 4) is 0 Å². The molecule has 1 aliphatic carbocycles. The summed E-state index contributed by atoms with van der Waals surface area (Å²) in [5, 5.41) is 4.91. The van der Waals surface area contributed by atoms with Crippen LogP contribution in [0, 0.1) is 0 Å². The van der Waals surface area contributed by atoms with Crippen LogP contribution in [0.3, 0.4) is 0 Å². The number of carbonyl (C=O) groups is 2. The lowest BCUT2D eigenvalue weighted by atomic mass is 9.97. The lowest BCUT2D eigenvalue weighted by Gasteiger charge is -2.20. The molecular formula is C23H26F3N3O2S. The first-order chi connectivity index (χ1) is 15.2. The molecule has 2 aromatic rings. The van der Waals surface area contributed by atoms with Gasteiger partial charge in [0.25, 0.3) is 0 Å². The number of anilines is 2. The minimum absolute atomic E-state index is 0.0826. The van der Waals surface area contributed by atoms with E-state index in [4.69, 9.17) is 0 Å². The second-order valence-corrected chi connectivity index (χ2v) is 8.68. The number of hydrogen-bond acceptors (Lipinski definition) is 4. The largest absolute Gasteiger partial charge is 0.416 e. The average molecular weight is 466 g/mol. The van der Waals surface area contributed by atoms with Crippen LogP contribution < -0.4 is 10.2 Å². The van der Waals surface area contributed by atoms with Gasteiger partial charge in [0.2, 0.25) is 11.8 Å². The van der Waals surface area contributed by atoms with Crippen molar-refractivity contribution < 1.29 is 22.8 Å². The van der Waals surface area contributed by atoms with Crippen LogP contribution in [0.15, 0.2) is 35.7 Å². The van der Waals surface area contributed by atoms with Crippen LogP contribution in [0.4, 0.5) is 24.0 Å². The van der Waals surface area contributed by atoms with Gasteiger partial charge in [0.05, 0.1) is 16.9 Å². The molecule has 32 heavy (non-hydrogen) atoms. The maximum Gasteiger partial charge on any atom is 0.416 e. The summed E-state index contributed by atoms with van der Waals surface area (Å²) in [5.74, 6) is -0.664. The SMILES string of the molecule is CC(=O)N(c1cccc(C(F)(F)F)c1)c1nc(/C=C/C(=O)NC2CCCCCCC2)cs1. The molecule has 172 valence electrons. The van der Waals surface area contributed by atoms with Gasteiger partial charge in [0, 0.05) is 24.4 Å². The molecule has 2 amide bonds. The molecular weight excluding hydrogens is 439 g/mol. The smallest absolute Gasteiger partial charge is 0.350 e. The van der Waals surface area contributed by atoms with E-state index in [1.165, 1.54) is 44.4 Å². The highest BCUT2D eigenvalue weighted by molar-refractivity contribution is 7.14. The Morgan fingerprint density at radius 1 is 1.16 bits per heavy atom. The molecule has 9 heteroatoms. The Balaban J connectivity index is 1.70. The second-order valence-electron chi connectivity index (χ2n) is 7.84. The van der Waals surface area contributed by atoms with Crippen molar-refractivity contribution in [3.63, 3.8) is 0 Å². The van der Waals surface area contributed by atoms with Crippen LogP contribution >= 0.6 is 11.3 Å². The molecule has 0 bridgehead atoms. The van der Waals surface area contributed by atoms with Crippen molar-refractivity contribution in [1.82, 2.24) is 10.3 Å². The zero-order valence-electron chi connectivity index (χ0n) is 17.8. The molecule has 1 aromatic heterocycles. The maximum absolute atomic E-state index is 13.1. The van der Waals surface area contributed by atoms with Crippen molar-refractivity contribution >= 4 is 40.0 Å². The number of hydrogen-bond donors (Lipinski definition) is 1. The molecule has 1 aromatic carbocycles. The predicted molar refractivity (Wildman–Crippen MR) is 120 cm³/mol.